The first-order chi connectivity index (χ1) is 9.21. The van der Waals surface area contributed by atoms with E-state index in [1.54, 1.807) is 13.2 Å². The first-order valence-electron chi connectivity index (χ1n) is 6.50. The lowest BCUT2D eigenvalue weighted by molar-refractivity contribution is 0.175. The van der Waals surface area contributed by atoms with Crippen molar-refractivity contribution < 1.29 is 9.13 Å². The lowest BCUT2D eigenvalue weighted by atomic mass is 10.0. The van der Waals surface area contributed by atoms with Crippen LogP contribution in [0.4, 0.5) is 9.52 Å². The van der Waals surface area contributed by atoms with Crippen molar-refractivity contribution in [3.8, 4) is 0 Å². The van der Waals surface area contributed by atoms with Gasteiger partial charge in [0.25, 0.3) is 0 Å². The molecule has 0 amide bonds. The normalized spacial score (nSPS) is 16.7. The number of methoxy groups -OCH3 is 1. The summed E-state index contributed by atoms with van der Waals surface area (Å²) < 4.78 is 19.2. The molecule has 1 fully saturated rings. The molecule has 0 unspecified atom stereocenters. The molecule has 1 aromatic carbocycles. The highest BCUT2D eigenvalue weighted by Gasteiger charge is 2.41. The third-order valence-corrected chi connectivity index (χ3v) is 4.73. The van der Waals surface area contributed by atoms with E-state index >= 15 is 0 Å². The molecule has 1 saturated carbocycles. The second kappa shape index (κ2) is 5.06. The Morgan fingerprint density at radius 1 is 1.47 bits per heavy atom. The average molecular weight is 280 g/mol. The zero-order chi connectivity index (χ0) is 13.3. The molecule has 0 bridgehead atoms. The number of benzene rings is 1. The summed E-state index contributed by atoms with van der Waals surface area (Å²) in [6, 6.07) is 4.72. The smallest absolute Gasteiger partial charge is 0.183 e. The minimum Gasteiger partial charge on any atom is -0.385 e. The number of thiazole rings is 1. The van der Waals surface area contributed by atoms with Gasteiger partial charge in [-0.25, -0.2) is 9.37 Å². The summed E-state index contributed by atoms with van der Waals surface area (Å²) in [6.45, 7) is 1.74. The van der Waals surface area contributed by atoms with Crippen molar-refractivity contribution in [2.45, 2.75) is 19.3 Å². The number of aromatic nitrogens is 1. The van der Waals surface area contributed by atoms with Crippen LogP contribution in [0.1, 0.15) is 19.3 Å². The van der Waals surface area contributed by atoms with Crippen molar-refractivity contribution in [2.24, 2.45) is 5.41 Å². The molecule has 0 atom stereocenters. The van der Waals surface area contributed by atoms with Gasteiger partial charge >= 0.3 is 0 Å². The molecule has 3 nitrogen and oxygen atoms in total. The maximum absolute atomic E-state index is 13.1. The molecule has 3 rings (SSSR count). The first-order valence-corrected chi connectivity index (χ1v) is 7.31. The molecule has 0 radical (unpaired) electrons. The molecule has 0 aliphatic heterocycles. The number of hydrogen-bond acceptors (Lipinski definition) is 4. The van der Waals surface area contributed by atoms with E-state index in [4.69, 9.17) is 4.74 Å². The molecule has 2 aromatic rings. The van der Waals surface area contributed by atoms with Crippen molar-refractivity contribution in [3.63, 3.8) is 0 Å². The van der Waals surface area contributed by atoms with E-state index in [9.17, 15) is 4.39 Å². The highest BCUT2D eigenvalue weighted by Crippen LogP contribution is 2.48. The van der Waals surface area contributed by atoms with Crippen LogP contribution >= 0.6 is 11.3 Å². The lowest BCUT2D eigenvalue weighted by Gasteiger charge is -2.14. The van der Waals surface area contributed by atoms with E-state index in [-0.39, 0.29) is 5.82 Å². The molecule has 0 spiro atoms. The summed E-state index contributed by atoms with van der Waals surface area (Å²) >= 11 is 1.51. The van der Waals surface area contributed by atoms with Gasteiger partial charge < -0.3 is 10.1 Å². The lowest BCUT2D eigenvalue weighted by Crippen LogP contribution is -2.17. The van der Waals surface area contributed by atoms with Crippen molar-refractivity contribution in [1.82, 2.24) is 4.98 Å². The molecule has 1 aliphatic rings. The number of fused-ring (bicyclic) bond motifs is 1. The van der Waals surface area contributed by atoms with Crippen molar-refractivity contribution in [3.05, 3.63) is 24.0 Å². The van der Waals surface area contributed by atoms with E-state index in [1.807, 2.05) is 0 Å². The van der Waals surface area contributed by atoms with Crippen molar-refractivity contribution in [2.75, 3.05) is 25.6 Å². The predicted octanol–water partition coefficient (Wildman–Crippen LogP) is 3.66. The van der Waals surface area contributed by atoms with Gasteiger partial charge in [-0.05, 0) is 42.9 Å². The molecular weight excluding hydrogens is 263 g/mol. The van der Waals surface area contributed by atoms with Gasteiger partial charge in [0.2, 0.25) is 0 Å². The highest BCUT2D eigenvalue weighted by molar-refractivity contribution is 7.22. The van der Waals surface area contributed by atoms with Crippen LogP contribution in [0.3, 0.4) is 0 Å². The van der Waals surface area contributed by atoms with E-state index in [0.717, 1.165) is 34.9 Å². The first kappa shape index (κ1) is 12.8. The van der Waals surface area contributed by atoms with Crippen LogP contribution < -0.4 is 5.32 Å². The van der Waals surface area contributed by atoms with Crippen LogP contribution in [0.15, 0.2) is 18.2 Å². The fourth-order valence-corrected chi connectivity index (χ4v) is 3.13. The Labute approximate surface area is 115 Å². The zero-order valence-electron chi connectivity index (χ0n) is 10.9. The molecule has 1 aromatic heterocycles. The number of halogens is 1. The van der Waals surface area contributed by atoms with Gasteiger partial charge in [-0.3, -0.25) is 0 Å². The number of rotatable bonds is 6. The molecule has 5 heteroatoms. The average Bonchev–Trinajstić information content (AvgIpc) is 3.06. The number of nitrogens with one attached hydrogen (secondary N) is 1. The Hall–Kier alpha value is -1.20. The van der Waals surface area contributed by atoms with Gasteiger partial charge in [0, 0.05) is 20.3 Å². The number of ether oxygens (including phenoxy) is 1. The quantitative estimate of drug-likeness (QED) is 0.876. The molecule has 102 valence electrons. The minimum atomic E-state index is -0.207. The van der Waals surface area contributed by atoms with Gasteiger partial charge in [-0.15, -0.1) is 0 Å². The maximum atomic E-state index is 13.1. The topological polar surface area (TPSA) is 34.1 Å². The Kier molecular flexibility index (Phi) is 3.41. The van der Waals surface area contributed by atoms with Gasteiger partial charge in [0.05, 0.1) is 10.2 Å². The summed E-state index contributed by atoms with van der Waals surface area (Å²) in [5, 5.41) is 4.27. The van der Waals surface area contributed by atoms with Crippen LogP contribution in [0.5, 0.6) is 0 Å². The Morgan fingerprint density at radius 2 is 2.32 bits per heavy atom. The summed E-state index contributed by atoms with van der Waals surface area (Å²) in [5.74, 6) is -0.207. The SMILES string of the molecule is COCCC1(CNc2nc3ccc(F)cc3s2)CC1. The second-order valence-electron chi connectivity index (χ2n) is 5.23. The van der Waals surface area contributed by atoms with Crippen LogP contribution in [-0.2, 0) is 4.74 Å². The molecule has 0 saturated heterocycles. The van der Waals surface area contributed by atoms with E-state index in [1.165, 1.54) is 36.3 Å². The van der Waals surface area contributed by atoms with Gasteiger partial charge in [-0.1, -0.05) is 11.3 Å². The molecule has 1 heterocycles. The van der Waals surface area contributed by atoms with Crippen LogP contribution in [0, 0.1) is 11.2 Å². The third kappa shape index (κ3) is 2.87. The summed E-state index contributed by atoms with van der Waals surface area (Å²) in [4.78, 5) is 4.47. The third-order valence-electron chi connectivity index (χ3n) is 3.76. The Bertz CT molecular complexity index is 580. The molecular formula is C14H17FN2OS. The van der Waals surface area contributed by atoms with Crippen molar-refractivity contribution >= 4 is 26.7 Å². The molecule has 1 aliphatic carbocycles. The summed E-state index contributed by atoms with van der Waals surface area (Å²) in [6.07, 6.45) is 3.60. The predicted molar refractivity (Wildman–Crippen MR) is 76.2 cm³/mol. The fourth-order valence-electron chi connectivity index (χ4n) is 2.25. The number of hydrogen-bond donors (Lipinski definition) is 1. The standard InChI is InChI=1S/C14H17FN2OS/c1-18-7-6-14(4-5-14)9-16-13-17-11-3-2-10(15)8-12(11)19-13/h2-3,8H,4-7,9H2,1H3,(H,16,17). The molecule has 19 heavy (non-hydrogen) atoms. The summed E-state index contributed by atoms with van der Waals surface area (Å²) in [7, 11) is 1.74. The Morgan fingerprint density at radius 3 is 3.05 bits per heavy atom. The molecule has 1 N–H and O–H groups in total. The second-order valence-corrected chi connectivity index (χ2v) is 6.26. The van der Waals surface area contributed by atoms with Gasteiger partial charge in [0.1, 0.15) is 5.82 Å². The largest absolute Gasteiger partial charge is 0.385 e. The minimum absolute atomic E-state index is 0.207. The van der Waals surface area contributed by atoms with Gasteiger partial charge in [0.15, 0.2) is 5.13 Å². The van der Waals surface area contributed by atoms with Crippen LogP contribution in [0.25, 0.3) is 10.2 Å². The monoisotopic (exact) mass is 280 g/mol. The van der Waals surface area contributed by atoms with Crippen molar-refractivity contribution in [1.29, 1.82) is 0 Å². The van der Waals surface area contributed by atoms with Gasteiger partial charge in [-0.2, -0.15) is 0 Å². The zero-order valence-corrected chi connectivity index (χ0v) is 11.7. The highest BCUT2D eigenvalue weighted by atomic mass is 32.1. The summed E-state index contributed by atoms with van der Waals surface area (Å²) in [5.41, 5.74) is 1.25. The fraction of sp³-hybridized carbons (Fsp3) is 0.500. The van der Waals surface area contributed by atoms with E-state index < -0.39 is 0 Å². The van der Waals surface area contributed by atoms with Crippen LogP contribution in [-0.4, -0.2) is 25.2 Å². The Balaban J connectivity index is 1.65. The van der Waals surface area contributed by atoms with Crippen LogP contribution in [0.2, 0.25) is 0 Å². The van der Waals surface area contributed by atoms with E-state index in [0.29, 0.717) is 5.41 Å². The maximum Gasteiger partial charge on any atom is 0.183 e. The number of anilines is 1. The van der Waals surface area contributed by atoms with E-state index in [2.05, 4.69) is 10.3 Å². The number of nitrogens with zero attached hydrogens (tertiary/aromatic N) is 1.